The zero-order valence-corrected chi connectivity index (χ0v) is 18.5. The molecule has 2 aliphatic rings. The third-order valence-electron chi connectivity index (χ3n) is 6.88. The van der Waals surface area contributed by atoms with E-state index in [-0.39, 0.29) is 17.5 Å². The Morgan fingerprint density at radius 1 is 1.06 bits per heavy atom. The number of aromatic nitrogens is 2. The van der Waals surface area contributed by atoms with Gasteiger partial charge in [-0.05, 0) is 57.5 Å². The van der Waals surface area contributed by atoms with Crippen molar-refractivity contribution >= 4 is 11.0 Å². The van der Waals surface area contributed by atoms with E-state index in [9.17, 15) is 4.79 Å². The van der Waals surface area contributed by atoms with E-state index in [1.54, 1.807) is 0 Å². The highest BCUT2D eigenvalue weighted by Gasteiger charge is 2.51. The van der Waals surface area contributed by atoms with Gasteiger partial charge in [0, 0.05) is 34.4 Å². The van der Waals surface area contributed by atoms with Gasteiger partial charge in [0.15, 0.2) is 0 Å². The number of benzene rings is 2. The third kappa shape index (κ3) is 2.58. The van der Waals surface area contributed by atoms with Crippen LogP contribution in [-0.4, -0.2) is 22.0 Å². The standard InChI is InChI=1S/C26H24N2O4/c1-14-12-20(29)31-24-17(14)10-11-19-23(24)22-18(13-30-19)26(3,4)32-25-21(22)15(2)27-28(25)16-8-6-5-7-9-16/h5-12,18,22H,13H2,1-4H3/t18-,22+/m1/s1. The van der Waals surface area contributed by atoms with Crippen LogP contribution in [0.3, 0.4) is 0 Å². The first-order valence-corrected chi connectivity index (χ1v) is 10.9. The van der Waals surface area contributed by atoms with E-state index in [0.717, 1.165) is 45.1 Å². The van der Waals surface area contributed by atoms with Crippen molar-refractivity contribution in [3.8, 4) is 17.3 Å². The average Bonchev–Trinajstić information content (AvgIpc) is 3.08. The monoisotopic (exact) mass is 428 g/mol. The molecule has 2 atom stereocenters. The van der Waals surface area contributed by atoms with Crippen molar-refractivity contribution in [2.24, 2.45) is 5.92 Å². The van der Waals surface area contributed by atoms with Crippen LogP contribution in [0.15, 0.2) is 57.7 Å². The molecule has 2 aliphatic heterocycles. The van der Waals surface area contributed by atoms with Crippen LogP contribution in [0, 0.1) is 19.8 Å². The molecule has 0 aliphatic carbocycles. The fourth-order valence-corrected chi connectivity index (χ4v) is 5.27. The molecule has 0 unspecified atom stereocenters. The molecule has 0 fully saturated rings. The normalized spacial score (nSPS) is 20.6. The van der Waals surface area contributed by atoms with E-state index < -0.39 is 5.60 Å². The van der Waals surface area contributed by atoms with Crippen molar-refractivity contribution in [1.29, 1.82) is 0 Å². The second kappa shape index (κ2) is 6.48. The summed E-state index contributed by atoms with van der Waals surface area (Å²) in [5, 5.41) is 5.79. The molecule has 6 nitrogen and oxygen atoms in total. The summed E-state index contributed by atoms with van der Waals surface area (Å²) in [6.45, 7) is 8.64. The number of fused-ring (bicyclic) bond motifs is 7. The molecule has 0 saturated heterocycles. The molecule has 0 radical (unpaired) electrons. The molecule has 0 spiro atoms. The second-order valence-corrected chi connectivity index (χ2v) is 9.25. The maximum absolute atomic E-state index is 12.3. The Bertz CT molecular complexity index is 1430. The Labute approximate surface area is 185 Å². The molecule has 0 N–H and O–H groups in total. The molecular formula is C26H24N2O4. The zero-order valence-electron chi connectivity index (χ0n) is 18.5. The molecule has 162 valence electrons. The fourth-order valence-electron chi connectivity index (χ4n) is 5.27. The van der Waals surface area contributed by atoms with Gasteiger partial charge < -0.3 is 13.9 Å². The smallest absolute Gasteiger partial charge is 0.336 e. The summed E-state index contributed by atoms with van der Waals surface area (Å²) >= 11 is 0. The Balaban J connectivity index is 1.69. The lowest BCUT2D eigenvalue weighted by atomic mass is 9.70. The van der Waals surface area contributed by atoms with Crippen LogP contribution in [0.5, 0.6) is 11.6 Å². The van der Waals surface area contributed by atoms with E-state index in [2.05, 4.69) is 13.8 Å². The largest absolute Gasteiger partial charge is 0.493 e. The number of hydrogen-bond acceptors (Lipinski definition) is 5. The highest BCUT2D eigenvalue weighted by molar-refractivity contribution is 5.86. The number of nitrogens with zero attached hydrogens (tertiary/aromatic N) is 2. The lowest BCUT2D eigenvalue weighted by molar-refractivity contribution is -0.0184. The molecule has 2 aromatic carbocycles. The van der Waals surface area contributed by atoms with Crippen LogP contribution in [0.2, 0.25) is 0 Å². The fraction of sp³-hybridized carbons (Fsp3) is 0.308. The van der Waals surface area contributed by atoms with E-state index in [1.807, 2.05) is 61.0 Å². The molecule has 0 amide bonds. The molecular weight excluding hydrogens is 404 g/mol. The van der Waals surface area contributed by atoms with Gasteiger partial charge in [0.2, 0.25) is 5.88 Å². The van der Waals surface area contributed by atoms with Gasteiger partial charge in [-0.15, -0.1) is 0 Å². The van der Waals surface area contributed by atoms with Crippen LogP contribution in [0.25, 0.3) is 16.7 Å². The van der Waals surface area contributed by atoms with Crippen LogP contribution in [0.1, 0.15) is 42.1 Å². The van der Waals surface area contributed by atoms with Gasteiger partial charge in [0.25, 0.3) is 0 Å². The third-order valence-corrected chi connectivity index (χ3v) is 6.88. The van der Waals surface area contributed by atoms with E-state index in [0.29, 0.717) is 12.2 Å². The van der Waals surface area contributed by atoms with Gasteiger partial charge in [-0.25, -0.2) is 9.48 Å². The summed E-state index contributed by atoms with van der Waals surface area (Å²) in [5.74, 6) is 1.46. The molecule has 32 heavy (non-hydrogen) atoms. The molecule has 6 heteroatoms. The SMILES string of the molecule is Cc1nn(-c2ccccc2)c2c1[C@H]1c3c(ccc4c(C)cc(=O)oc34)OC[C@H]1C(C)(C)O2. The van der Waals surface area contributed by atoms with Gasteiger partial charge in [-0.1, -0.05) is 18.2 Å². The van der Waals surface area contributed by atoms with Crippen molar-refractivity contribution in [2.45, 2.75) is 39.2 Å². The van der Waals surface area contributed by atoms with Gasteiger partial charge >= 0.3 is 5.63 Å². The predicted octanol–water partition coefficient (Wildman–Crippen LogP) is 4.91. The number of aryl methyl sites for hydroxylation is 2. The van der Waals surface area contributed by atoms with Crippen molar-refractivity contribution in [3.63, 3.8) is 0 Å². The number of hydrogen-bond donors (Lipinski definition) is 0. The van der Waals surface area contributed by atoms with Gasteiger partial charge in [0.1, 0.15) is 16.9 Å². The maximum atomic E-state index is 12.3. The van der Waals surface area contributed by atoms with Gasteiger partial charge in [0.05, 0.1) is 18.0 Å². The molecule has 0 saturated carbocycles. The van der Waals surface area contributed by atoms with Gasteiger partial charge in [-0.3, -0.25) is 0 Å². The molecule has 6 rings (SSSR count). The zero-order chi connectivity index (χ0) is 22.2. The topological polar surface area (TPSA) is 66.5 Å². The van der Waals surface area contributed by atoms with Crippen molar-refractivity contribution in [3.05, 3.63) is 81.3 Å². The maximum Gasteiger partial charge on any atom is 0.336 e. The number of para-hydroxylation sites is 1. The van der Waals surface area contributed by atoms with Crippen LogP contribution >= 0.6 is 0 Å². The first-order chi connectivity index (χ1) is 15.3. The predicted molar refractivity (Wildman–Crippen MR) is 121 cm³/mol. The van der Waals surface area contributed by atoms with E-state index in [1.165, 1.54) is 6.07 Å². The first-order valence-electron chi connectivity index (χ1n) is 10.9. The van der Waals surface area contributed by atoms with Crippen molar-refractivity contribution in [1.82, 2.24) is 9.78 Å². The number of rotatable bonds is 1. The molecule has 4 heterocycles. The summed E-state index contributed by atoms with van der Waals surface area (Å²) < 4.78 is 20.5. The Hall–Kier alpha value is -3.54. The summed E-state index contributed by atoms with van der Waals surface area (Å²) in [6.07, 6.45) is 0. The molecule has 4 aromatic rings. The lowest BCUT2D eigenvalue weighted by Gasteiger charge is -2.46. The van der Waals surface area contributed by atoms with Crippen LogP contribution in [0.4, 0.5) is 0 Å². The average molecular weight is 428 g/mol. The van der Waals surface area contributed by atoms with Crippen LogP contribution < -0.4 is 15.1 Å². The minimum Gasteiger partial charge on any atom is -0.493 e. The second-order valence-electron chi connectivity index (χ2n) is 9.25. The Morgan fingerprint density at radius 3 is 2.62 bits per heavy atom. The van der Waals surface area contributed by atoms with E-state index >= 15 is 0 Å². The summed E-state index contributed by atoms with van der Waals surface area (Å²) in [7, 11) is 0. The minimum atomic E-state index is -0.513. The summed E-state index contributed by atoms with van der Waals surface area (Å²) in [4.78, 5) is 12.3. The van der Waals surface area contributed by atoms with Gasteiger partial charge in [-0.2, -0.15) is 5.10 Å². The highest BCUT2D eigenvalue weighted by atomic mass is 16.5. The Morgan fingerprint density at radius 2 is 1.84 bits per heavy atom. The quantitative estimate of drug-likeness (QED) is 0.403. The number of ether oxygens (including phenoxy) is 2. The molecule has 2 aromatic heterocycles. The van der Waals surface area contributed by atoms with Crippen molar-refractivity contribution < 1.29 is 13.9 Å². The highest BCUT2D eigenvalue weighted by Crippen LogP contribution is 2.55. The van der Waals surface area contributed by atoms with Crippen molar-refractivity contribution in [2.75, 3.05) is 6.61 Å². The van der Waals surface area contributed by atoms with Crippen LogP contribution in [-0.2, 0) is 0 Å². The summed E-state index contributed by atoms with van der Waals surface area (Å²) in [6, 6.07) is 15.5. The Kier molecular flexibility index (Phi) is 3.88. The minimum absolute atomic E-state index is 0.0334. The van der Waals surface area contributed by atoms with E-state index in [4.69, 9.17) is 19.0 Å². The summed E-state index contributed by atoms with van der Waals surface area (Å²) in [5.41, 5.74) is 4.40. The first kappa shape index (κ1) is 19.2. The molecule has 0 bridgehead atoms. The lowest BCUT2D eigenvalue weighted by Crippen LogP contribution is -2.49.